The van der Waals surface area contributed by atoms with E-state index in [1.807, 2.05) is 13.0 Å². The number of benzene rings is 1. The van der Waals surface area contributed by atoms with E-state index >= 15 is 0 Å². The summed E-state index contributed by atoms with van der Waals surface area (Å²) in [5.41, 5.74) is 7.52. The van der Waals surface area contributed by atoms with Gasteiger partial charge in [-0.3, -0.25) is 0 Å². The molecule has 3 N–H and O–H groups in total. The van der Waals surface area contributed by atoms with Crippen molar-refractivity contribution in [1.82, 2.24) is 0 Å². The lowest BCUT2D eigenvalue weighted by atomic mass is 9.94. The van der Waals surface area contributed by atoms with Gasteiger partial charge in [0.05, 0.1) is 0 Å². The third-order valence-electron chi connectivity index (χ3n) is 3.09. The van der Waals surface area contributed by atoms with Gasteiger partial charge in [0.25, 0.3) is 0 Å². The van der Waals surface area contributed by atoms with E-state index in [1.165, 1.54) is 0 Å². The molecule has 3 heteroatoms. The normalized spacial score (nSPS) is 18.2. The molecule has 1 aliphatic rings. The Morgan fingerprint density at radius 1 is 1.50 bits per heavy atom. The third kappa shape index (κ3) is 1.39. The van der Waals surface area contributed by atoms with Crippen molar-refractivity contribution in [2.24, 2.45) is 5.73 Å². The van der Waals surface area contributed by atoms with Crippen LogP contribution in [-0.2, 0) is 5.41 Å². The first-order valence-corrected chi connectivity index (χ1v) is 5.16. The number of nitrogens with two attached hydrogens (primary N) is 1. The molecule has 0 amide bonds. The Hall–Kier alpha value is -0.730. The van der Waals surface area contributed by atoms with Crippen LogP contribution in [0.15, 0.2) is 12.1 Å². The largest absolute Gasteiger partial charge is 0.508 e. The molecule has 0 atom stereocenters. The average Bonchev–Trinajstić information content (AvgIpc) is 2.92. The first-order chi connectivity index (χ1) is 6.59. The van der Waals surface area contributed by atoms with Crippen molar-refractivity contribution in [3.63, 3.8) is 0 Å². The van der Waals surface area contributed by atoms with Gasteiger partial charge in [-0.2, -0.15) is 0 Å². The first kappa shape index (κ1) is 9.81. The SMILES string of the molecule is Cc1cc(O)c(C2(CN)CC2)cc1Cl. The van der Waals surface area contributed by atoms with Crippen molar-refractivity contribution in [3.05, 3.63) is 28.3 Å². The van der Waals surface area contributed by atoms with Gasteiger partial charge in [-0.25, -0.2) is 0 Å². The average molecular weight is 212 g/mol. The van der Waals surface area contributed by atoms with Crippen LogP contribution in [0.5, 0.6) is 5.75 Å². The van der Waals surface area contributed by atoms with Gasteiger partial charge in [0.1, 0.15) is 5.75 Å². The highest BCUT2D eigenvalue weighted by molar-refractivity contribution is 6.31. The van der Waals surface area contributed by atoms with Crippen molar-refractivity contribution >= 4 is 11.6 Å². The summed E-state index contributed by atoms with van der Waals surface area (Å²) in [5, 5.41) is 10.5. The van der Waals surface area contributed by atoms with Gasteiger partial charge in [0, 0.05) is 22.5 Å². The monoisotopic (exact) mass is 211 g/mol. The van der Waals surface area contributed by atoms with Crippen molar-refractivity contribution in [2.45, 2.75) is 25.2 Å². The minimum Gasteiger partial charge on any atom is -0.508 e. The number of phenolic OH excluding ortho intramolecular Hbond substituents is 1. The molecule has 0 bridgehead atoms. The Morgan fingerprint density at radius 3 is 2.64 bits per heavy atom. The fourth-order valence-electron chi connectivity index (χ4n) is 1.83. The predicted molar refractivity (Wildman–Crippen MR) is 57.8 cm³/mol. The van der Waals surface area contributed by atoms with Gasteiger partial charge >= 0.3 is 0 Å². The smallest absolute Gasteiger partial charge is 0.119 e. The molecule has 2 nitrogen and oxygen atoms in total. The summed E-state index contributed by atoms with van der Waals surface area (Å²) in [6.45, 7) is 2.47. The van der Waals surface area contributed by atoms with Gasteiger partial charge in [-0.1, -0.05) is 11.6 Å². The molecule has 2 rings (SSSR count). The second kappa shape index (κ2) is 3.14. The van der Waals surface area contributed by atoms with Crippen LogP contribution in [-0.4, -0.2) is 11.7 Å². The predicted octanol–water partition coefficient (Wildman–Crippen LogP) is 2.34. The van der Waals surface area contributed by atoms with Gasteiger partial charge in [0.15, 0.2) is 0 Å². The summed E-state index contributed by atoms with van der Waals surface area (Å²) < 4.78 is 0. The number of hydrogen-bond donors (Lipinski definition) is 2. The number of rotatable bonds is 2. The molecular weight excluding hydrogens is 198 g/mol. The molecule has 0 unspecified atom stereocenters. The van der Waals surface area contributed by atoms with E-state index in [0.717, 1.165) is 24.0 Å². The Kier molecular flexibility index (Phi) is 2.20. The Balaban J connectivity index is 2.49. The topological polar surface area (TPSA) is 46.2 Å². The second-order valence-corrected chi connectivity index (χ2v) is 4.51. The molecule has 1 fully saturated rings. The minimum atomic E-state index is 0.00141. The zero-order chi connectivity index (χ0) is 10.3. The Labute approximate surface area is 88.7 Å². The fraction of sp³-hybridized carbons (Fsp3) is 0.455. The van der Waals surface area contributed by atoms with Crippen LogP contribution in [0.25, 0.3) is 0 Å². The summed E-state index contributed by atoms with van der Waals surface area (Å²) in [4.78, 5) is 0. The van der Waals surface area contributed by atoms with Crippen LogP contribution in [0, 0.1) is 6.92 Å². The lowest BCUT2D eigenvalue weighted by Crippen LogP contribution is -2.19. The van der Waals surface area contributed by atoms with Crippen molar-refractivity contribution < 1.29 is 5.11 Å². The Morgan fingerprint density at radius 2 is 2.14 bits per heavy atom. The number of aromatic hydroxyl groups is 1. The molecule has 1 aromatic rings. The van der Waals surface area contributed by atoms with Crippen molar-refractivity contribution in [1.29, 1.82) is 0 Å². The van der Waals surface area contributed by atoms with E-state index in [-0.39, 0.29) is 5.41 Å². The van der Waals surface area contributed by atoms with E-state index in [4.69, 9.17) is 17.3 Å². The molecule has 1 saturated carbocycles. The molecule has 14 heavy (non-hydrogen) atoms. The third-order valence-corrected chi connectivity index (χ3v) is 3.50. The highest BCUT2D eigenvalue weighted by atomic mass is 35.5. The standard InChI is InChI=1S/C11H14ClNO/c1-7-4-10(14)8(5-9(7)12)11(6-13)2-3-11/h4-5,14H,2-3,6,13H2,1H3. The summed E-state index contributed by atoms with van der Waals surface area (Å²) in [6, 6.07) is 3.57. The molecular formula is C11H14ClNO. The summed E-state index contributed by atoms with van der Waals surface area (Å²) >= 11 is 6.02. The Bertz CT molecular complexity index is 372. The van der Waals surface area contributed by atoms with Gasteiger partial charge in [-0.05, 0) is 37.5 Å². The highest BCUT2D eigenvalue weighted by Gasteiger charge is 2.44. The van der Waals surface area contributed by atoms with E-state index in [2.05, 4.69) is 0 Å². The van der Waals surface area contributed by atoms with Crippen molar-refractivity contribution in [3.8, 4) is 5.75 Å². The van der Waals surface area contributed by atoms with Crippen LogP contribution in [0.1, 0.15) is 24.0 Å². The molecule has 0 spiro atoms. The summed E-state index contributed by atoms with van der Waals surface area (Å²) in [5.74, 6) is 0.329. The molecule has 0 radical (unpaired) electrons. The molecule has 1 aromatic carbocycles. The van der Waals surface area contributed by atoms with E-state index in [9.17, 15) is 5.11 Å². The number of phenols is 1. The number of halogens is 1. The van der Waals surface area contributed by atoms with Gasteiger partial charge in [-0.15, -0.1) is 0 Å². The van der Waals surface area contributed by atoms with Crippen LogP contribution in [0.3, 0.4) is 0 Å². The minimum absolute atomic E-state index is 0.00141. The number of aryl methyl sites for hydroxylation is 1. The van der Waals surface area contributed by atoms with Crippen LogP contribution >= 0.6 is 11.6 Å². The van der Waals surface area contributed by atoms with Gasteiger partial charge in [0.2, 0.25) is 0 Å². The maximum Gasteiger partial charge on any atom is 0.119 e. The van der Waals surface area contributed by atoms with Crippen LogP contribution < -0.4 is 5.73 Å². The molecule has 1 aliphatic carbocycles. The number of hydrogen-bond acceptors (Lipinski definition) is 2. The van der Waals surface area contributed by atoms with E-state index in [1.54, 1.807) is 6.07 Å². The fourth-order valence-corrected chi connectivity index (χ4v) is 1.99. The molecule has 0 aromatic heterocycles. The molecule has 0 saturated heterocycles. The second-order valence-electron chi connectivity index (χ2n) is 4.10. The maximum absolute atomic E-state index is 9.81. The van der Waals surface area contributed by atoms with E-state index in [0.29, 0.717) is 17.3 Å². The maximum atomic E-state index is 9.81. The highest BCUT2D eigenvalue weighted by Crippen LogP contribution is 2.51. The summed E-state index contributed by atoms with van der Waals surface area (Å²) in [7, 11) is 0. The molecule has 76 valence electrons. The molecule has 0 aliphatic heterocycles. The van der Waals surface area contributed by atoms with Crippen LogP contribution in [0.2, 0.25) is 5.02 Å². The molecule has 0 heterocycles. The summed E-state index contributed by atoms with van der Waals surface area (Å²) in [6.07, 6.45) is 2.10. The zero-order valence-electron chi connectivity index (χ0n) is 8.18. The van der Waals surface area contributed by atoms with Crippen molar-refractivity contribution in [2.75, 3.05) is 6.54 Å². The lowest BCUT2D eigenvalue weighted by Gasteiger charge is -2.15. The quantitative estimate of drug-likeness (QED) is 0.789. The van der Waals surface area contributed by atoms with Crippen LogP contribution in [0.4, 0.5) is 0 Å². The lowest BCUT2D eigenvalue weighted by molar-refractivity contribution is 0.458. The van der Waals surface area contributed by atoms with E-state index < -0.39 is 0 Å². The first-order valence-electron chi connectivity index (χ1n) is 4.79. The zero-order valence-corrected chi connectivity index (χ0v) is 8.93. The van der Waals surface area contributed by atoms with Gasteiger partial charge < -0.3 is 10.8 Å².